The van der Waals surface area contributed by atoms with Crippen molar-refractivity contribution in [3.8, 4) is 0 Å². The van der Waals surface area contributed by atoms with Crippen LogP contribution in [0.4, 0.5) is 0 Å². The van der Waals surface area contributed by atoms with Crippen molar-refractivity contribution in [1.29, 1.82) is 0 Å². The van der Waals surface area contributed by atoms with E-state index in [4.69, 9.17) is 0 Å². The molecular formula is C14H18BrCl2N3S. The molecule has 0 aromatic carbocycles. The zero-order valence-corrected chi connectivity index (χ0v) is 15.4. The van der Waals surface area contributed by atoms with Crippen LogP contribution >= 0.6 is 52.1 Å². The van der Waals surface area contributed by atoms with Crippen molar-refractivity contribution < 1.29 is 0 Å². The Morgan fingerprint density at radius 2 is 1.95 bits per heavy atom. The van der Waals surface area contributed by atoms with E-state index in [1.165, 1.54) is 10.4 Å². The molecule has 1 aliphatic rings. The van der Waals surface area contributed by atoms with Gasteiger partial charge in [-0.1, -0.05) is 12.1 Å². The Labute approximate surface area is 150 Å². The highest BCUT2D eigenvalue weighted by Crippen LogP contribution is 2.34. The number of pyridine rings is 1. The minimum Gasteiger partial charge on any atom is -0.314 e. The van der Waals surface area contributed by atoms with Crippen molar-refractivity contribution in [1.82, 2.24) is 15.2 Å². The van der Waals surface area contributed by atoms with Gasteiger partial charge in [-0.15, -0.1) is 36.2 Å². The van der Waals surface area contributed by atoms with Gasteiger partial charge in [0, 0.05) is 42.8 Å². The average Bonchev–Trinajstić information content (AvgIpc) is 2.96. The van der Waals surface area contributed by atoms with Crippen molar-refractivity contribution in [2.24, 2.45) is 0 Å². The summed E-state index contributed by atoms with van der Waals surface area (Å²) in [7, 11) is 0. The Morgan fingerprint density at radius 3 is 2.57 bits per heavy atom. The van der Waals surface area contributed by atoms with Crippen molar-refractivity contribution in [3.05, 3.63) is 50.9 Å². The maximum atomic E-state index is 4.38. The molecule has 1 atom stereocenters. The molecule has 7 heteroatoms. The Morgan fingerprint density at radius 1 is 1.19 bits per heavy atom. The fourth-order valence-corrected chi connectivity index (χ4v) is 3.86. The van der Waals surface area contributed by atoms with Crippen molar-refractivity contribution in [3.63, 3.8) is 0 Å². The molecule has 0 bridgehead atoms. The number of rotatable bonds is 3. The molecule has 0 radical (unpaired) electrons. The number of thiophene rings is 1. The lowest BCUT2D eigenvalue weighted by Gasteiger charge is -2.35. The van der Waals surface area contributed by atoms with E-state index >= 15 is 0 Å². The fourth-order valence-electron chi connectivity index (χ4n) is 2.52. The van der Waals surface area contributed by atoms with E-state index in [2.05, 4.69) is 54.7 Å². The summed E-state index contributed by atoms with van der Waals surface area (Å²) in [6.45, 7) is 4.26. The molecule has 0 aliphatic carbocycles. The summed E-state index contributed by atoms with van der Waals surface area (Å²) >= 11 is 5.42. The smallest absolute Gasteiger partial charge is 0.111 e. The summed E-state index contributed by atoms with van der Waals surface area (Å²) in [5.41, 5.74) is 1.26. The highest BCUT2D eigenvalue weighted by Gasteiger charge is 2.26. The standard InChI is InChI=1S/C14H16BrN3S.2ClH/c15-14-11(3-1-5-17-14)13(12-4-2-10-19-12)18-8-6-16-7-9-18;;/h1-5,10,13,16H,6-9H2;2*1H/t13-;;/m0../s1. The molecule has 1 aliphatic heterocycles. The number of nitrogens with zero attached hydrogens (tertiary/aromatic N) is 2. The Bertz CT molecular complexity index is 533. The van der Waals surface area contributed by atoms with Crippen LogP contribution in [-0.2, 0) is 0 Å². The molecule has 1 N–H and O–H groups in total. The van der Waals surface area contributed by atoms with E-state index in [1.807, 2.05) is 23.6 Å². The summed E-state index contributed by atoms with van der Waals surface area (Å²) in [6.07, 6.45) is 1.83. The van der Waals surface area contributed by atoms with Gasteiger partial charge in [-0.2, -0.15) is 0 Å². The molecule has 3 nitrogen and oxygen atoms in total. The molecule has 0 spiro atoms. The van der Waals surface area contributed by atoms with Crippen LogP contribution in [0.15, 0.2) is 40.4 Å². The van der Waals surface area contributed by atoms with Crippen molar-refractivity contribution >= 4 is 52.1 Å². The van der Waals surface area contributed by atoms with E-state index in [-0.39, 0.29) is 24.8 Å². The Kier molecular flexibility index (Phi) is 8.16. The van der Waals surface area contributed by atoms with Gasteiger partial charge >= 0.3 is 0 Å². The molecule has 116 valence electrons. The Balaban J connectivity index is 0.00000110. The quantitative estimate of drug-likeness (QED) is 0.781. The average molecular weight is 411 g/mol. The molecule has 0 saturated carbocycles. The third-order valence-corrected chi connectivity index (χ3v) is 5.00. The fraction of sp³-hybridized carbons (Fsp3) is 0.357. The molecule has 1 fully saturated rings. The molecular weight excluding hydrogens is 393 g/mol. The number of piperazine rings is 1. The Hall–Kier alpha value is -0.170. The first-order valence-electron chi connectivity index (χ1n) is 6.45. The highest BCUT2D eigenvalue weighted by atomic mass is 79.9. The van der Waals surface area contributed by atoms with Crippen LogP contribution in [0.3, 0.4) is 0 Å². The first kappa shape index (κ1) is 18.9. The molecule has 1 saturated heterocycles. The van der Waals surface area contributed by atoms with Gasteiger partial charge < -0.3 is 5.32 Å². The zero-order chi connectivity index (χ0) is 13.1. The maximum absolute atomic E-state index is 4.38. The zero-order valence-electron chi connectivity index (χ0n) is 11.4. The van der Waals surface area contributed by atoms with Gasteiger partial charge in [0.2, 0.25) is 0 Å². The second-order valence-electron chi connectivity index (χ2n) is 4.59. The molecule has 3 heterocycles. The first-order chi connectivity index (χ1) is 9.36. The van der Waals surface area contributed by atoms with Crippen molar-refractivity contribution in [2.75, 3.05) is 26.2 Å². The molecule has 0 unspecified atom stereocenters. The molecule has 0 amide bonds. The molecule has 21 heavy (non-hydrogen) atoms. The summed E-state index contributed by atoms with van der Waals surface area (Å²) < 4.78 is 0.951. The number of hydrogen-bond acceptors (Lipinski definition) is 4. The predicted molar refractivity (Wildman–Crippen MR) is 97.0 cm³/mol. The molecule has 3 rings (SSSR count). The highest BCUT2D eigenvalue weighted by molar-refractivity contribution is 9.10. The third-order valence-electron chi connectivity index (χ3n) is 3.41. The van der Waals surface area contributed by atoms with Crippen LogP contribution in [0.2, 0.25) is 0 Å². The van der Waals surface area contributed by atoms with Gasteiger partial charge in [0.1, 0.15) is 4.60 Å². The van der Waals surface area contributed by atoms with E-state index in [0.717, 1.165) is 30.8 Å². The second kappa shape index (κ2) is 9.08. The van der Waals surface area contributed by atoms with E-state index < -0.39 is 0 Å². The van der Waals surface area contributed by atoms with Gasteiger partial charge in [0.15, 0.2) is 0 Å². The summed E-state index contributed by atoms with van der Waals surface area (Å²) in [5.74, 6) is 0. The second-order valence-corrected chi connectivity index (χ2v) is 6.32. The van der Waals surface area contributed by atoms with Crippen molar-refractivity contribution in [2.45, 2.75) is 6.04 Å². The van der Waals surface area contributed by atoms with Crippen LogP contribution in [-0.4, -0.2) is 36.1 Å². The monoisotopic (exact) mass is 409 g/mol. The lowest BCUT2D eigenvalue weighted by Crippen LogP contribution is -2.45. The van der Waals surface area contributed by atoms with Gasteiger partial charge in [0.25, 0.3) is 0 Å². The maximum Gasteiger partial charge on any atom is 0.111 e. The summed E-state index contributed by atoms with van der Waals surface area (Å²) in [5, 5.41) is 5.56. The molecule has 2 aromatic rings. The SMILES string of the molecule is Brc1ncccc1[C@@H](c1cccs1)N1CCNCC1.Cl.Cl. The van der Waals surface area contributed by atoms with Crippen LogP contribution in [0, 0.1) is 0 Å². The lowest BCUT2D eigenvalue weighted by atomic mass is 10.0. The number of halogens is 3. The van der Waals surface area contributed by atoms with Crippen LogP contribution in [0.25, 0.3) is 0 Å². The normalized spacial score (nSPS) is 16.6. The number of nitrogens with one attached hydrogen (secondary N) is 1. The lowest BCUT2D eigenvalue weighted by molar-refractivity contribution is 0.200. The van der Waals surface area contributed by atoms with Crippen LogP contribution < -0.4 is 5.32 Å². The predicted octanol–water partition coefficient (Wildman–Crippen LogP) is 3.74. The van der Waals surface area contributed by atoms with Crippen LogP contribution in [0.1, 0.15) is 16.5 Å². The van der Waals surface area contributed by atoms with E-state index in [1.54, 1.807) is 0 Å². The largest absolute Gasteiger partial charge is 0.314 e. The summed E-state index contributed by atoms with van der Waals surface area (Å²) in [6, 6.07) is 8.84. The number of hydrogen-bond donors (Lipinski definition) is 1. The van der Waals surface area contributed by atoms with E-state index in [9.17, 15) is 0 Å². The van der Waals surface area contributed by atoms with Gasteiger partial charge in [-0.05, 0) is 33.4 Å². The first-order valence-corrected chi connectivity index (χ1v) is 8.12. The minimum absolute atomic E-state index is 0. The van der Waals surface area contributed by atoms with E-state index in [0.29, 0.717) is 6.04 Å². The molecule has 2 aromatic heterocycles. The third kappa shape index (κ3) is 4.41. The van der Waals surface area contributed by atoms with Crippen LogP contribution in [0.5, 0.6) is 0 Å². The minimum atomic E-state index is 0. The van der Waals surface area contributed by atoms with Gasteiger partial charge in [-0.25, -0.2) is 4.98 Å². The number of aromatic nitrogens is 1. The van der Waals surface area contributed by atoms with Gasteiger partial charge in [0.05, 0.1) is 6.04 Å². The summed E-state index contributed by atoms with van der Waals surface area (Å²) in [4.78, 5) is 8.30. The van der Waals surface area contributed by atoms with Gasteiger partial charge in [-0.3, -0.25) is 4.90 Å². The topological polar surface area (TPSA) is 28.2 Å².